The van der Waals surface area contributed by atoms with Crippen molar-refractivity contribution in [3.05, 3.63) is 11.7 Å². The molecular weight excluding hydrogens is 280 g/mol. The molecule has 22 heavy (non-hydrogen) atoms. The second-order valence-corrected chi connectivity index (χ2v) is 5.84. The normalized spacial score (nSPS) is 12.5. The summed E-state index contributed by atoms with van der Waals surface area (Å²) in [7, 11) is 1.77. The molecular formula is C15H30N6O. The highest BCUT2D eigenvalue weighted by Gasteiger charge is 2.12. The fourth-order valence-electron chi connectivity index (χ4n) is 2.37. The first-order chi connectivity index (χ1) is 10.4. The fraction of sp³-hybridized carbons (Fsp3) is 0.800. The Morgan fingerprint density at radius 3 is 2.32 bits per heavy atom. The molecule has 1 aromatic rings. The van der Waals surface area contributed by atoms with Crippen LogP contribution in [0, 0.1) is 6.92 Å². The molecule has 0 atom stereocenters. The van der Waals surface area contributed by atoms with Gasteiger partial charge in [-0.1, -0.05) is 5.16 Å². The lowest BCUT2D eigenvalue weighted by Gasteiger charge is -2.30. The number of hydrogen-bond acceptors (Lipinski definition) is 5. The molecule has 1 aromatic heterocycles. The minimum Gasteiger partial charge on any atom is -0.356 e. The number of hydrogen-bond donors (Lipinski definition) is 2. The van der Waals surface area contributed by atoms with Gasteiger partial charge >= 0.3 is 0 Å². The van der Waals surface area contributed by atoms with Crippen LogP contribution in [0.4, 0.5) is 0 Å². The lowest BCUT2D eigenvalue weighted by molar-refractivity contribution is 0.178. The first kappa shape index (κ1) is 18.4. The first-order valence-electron chi connectivity index (χ1n) is 7.93. The Bertz CT molecular complexity index is 447. The zero-order chi connectivity index (χ0) is 16.5. The van der Waals surface area contributed by atoms with Gasteiger partial charge in [-0.05, 0) is 34.6 Å². The largest absolute Gasteiger partial charge is 0.356 e. The Labute approximate surface area is 133 Å². The van der Waals surface area contributed by atoms with Crippen LogP contribution in [0.15, 0.2) is 9.52 Å². The number of aryl methyl sites for hydroxylation is 1. The van der Waals surface area contributed by atoms with Crippen LogP contribution in [0.2, 0.25) is 0 Å². The minimum absolute atomic E-state index is 0.539. The molecule has 126 valence electrons. The van der Waals surface area contributed by atoms with Gasteiger partial charge in [-0.15, -0.1) is 0 Å². The molecule has 0 aliphatic heterocycles. The molecule has 0 spiro atoms. The average molecular weight is 310 g/mol. The Morgan fingerprint density at radius 1 is 1.18 bits per heavy atom. The molecule has 2 N–H and O–H groups in total. The van der Waals surface area contributed by atoms with Crippen LogP contribution >= 0.6 is 0 Å². The average Bonchev–Trinajstić information content (AvgIpc) is 2.86. The van der Waals surface area contributed by atoms with Crippen LogP contribution in [-0.2, 0) is 6.42 Å². The summed E-state index contributed by atoms with van der Waals surface area (Å²) < 4.78 is 5.08. The van der Waals surface area contributed by atoms with Gasteiger partial charge < -0.3 is 15.2 Å². The topological polar surface area (TPSA) is 78.6 Å². The summed E-state index contributed by atoms with van der Waals surface area (Å²) in [5.41, 5.74) is 0. The van der Waals surface area contributed by atoms with Crippen molar-refractivity contribution in [2.45, 2.75) is 53.1 Å². The van der Waals surface area contributed by atoms with Crippen molar-refractivity contribution >= 4 is 5.96 Å². The van der Waals surface area contributed by atoms with Crippen molar-refractivity contribution in [1.29, 1.82) is 0 Å². The molecule has 7 nitrogen and oxygen atoms in total. The van der Waals surface area contributed by atoms with E-state index in [0.717, 1.165) is 19.0 Å². The summed E-state index contributed by atoms with van der Waals surface area (Å²) in [5, 5.41) is 10.4. The van der Waals surface area contributed by atoms with E-state index in [1.54, 1.807) is 7.05 Å². The van der Waals surface area contributed by atoms with Crippen LogP contribution < -0.4 is 10.6 Å². The number of aromatic nitrogens is 2. The summed E-state index contributed by atoms with van der Waals surface area (Å²) in [6.07, 6.45) is 0.686. The monoisotopic (exact) mass is 310 g/mol. The van der Waals surface area contributed by atoms with E-state index in [1.165, 1.54) is 0 Å². The van der Waals surface area contributed by atoms with E-state index in [0.29, 0.717) is 36.8 Å². The van der Waals surface area contributed by atoms with Crippen molar-refractivity contribution < 1.29 is 4.52 Å². The van der Waals surface area contributed by atoms with Crippen molar-refractivity contribution in [1.82, 2.24) is 25.7 Å². The van der Waals surface area contributed by atoms with Crippen molar-refractivity contribution in [2.75, 3.05) is 26.7 Å². The third-order valence-electron chi connectivity index (χ3n) is 3.41. The predicted octanol–water partition coefficient (Wildman–Crippen LogP) is 1.20. The Hall–Kier alpha value is -1.63. The van der Waals surface area contributed by atoms with E-state index in [2.05, 4.69) is 58.4 Å². The zero-order valence-corrected chi connectivity index (χ0v) is 14.7. The Balaban J connectivity index is 2.27. The number of rotatable bonds is 8. The summed E-state index contributed by atoms with van der Waals surface area (Å²) >= 11 is 0. The highest BCUT2D eigenvalue weighted by Crippen LogP contribution is 2.03. The van der Waals surface area contributed by atoms with Crippen LogP contribution in [0.1, 0.15) is 39.4 Å². The standard InChI is InChI=1S/C15H30N6O/c1-11(2)21(12(3)4)10-9-18-15(16-6)17-8-7-14-19-13(5)20-22-14/h11-12H,7-10H2,1-6H3,(H2,16,17,18). The van der Waals surface area contributed by atoms with E-state index in [9.17, 15) is 0 Å². The maximum atomic E-state index is 5.08. The van der Waals surface area contributed by atoms with Crippen molar-refractivity contribution in [3.8, 4) is 0 Å². The van der Waals surface area contributed by atoms with Crippen molar-refractivity contribution in [3.63, 3.8) is 0 Å². The van der Waals surface area contributed by atoms with Gasteiger partial charge in [0.05, 0.1) is 0 Å². The van der Waals surface area contributed by atoms with E-state index >= 15 is 0 Å². The van der Waals surface area contributed by atoms with Gasteiger partial charge in [0.2, 0.25) is 5.89 Å². The van der Waals surface area contributed by atoms with Gasteiger partial charge in [0.1, 0.15) is 0 Å². The number of nitrogens with one attached hydrogen (secondary N) is 2. The molecule has 0 aliphatic carbocycles. The summed E-state index contributed by atoms with van der Waals surface area (Å²) in [4.78, 5) is 10.8. The van der Waals surface area contributed by atoms with E-state index in [4.69, 9.17) is 4.52 Å². The number of guanidine groups is 1. The summed E-state index contributed by atoms with van der Waals surface area (Å²) in [5.74, 6) is 2.11. The van der Waals surface area contributed by atoms with E-state index in [-0.39, 0.29) is 0 Å². The highest BCUT2D eigenvalue weighted by atomic mass is 16.5. The molecule has 0 saturated heterocycles. The number of aliphatic imine (C=N–C) groups is 1. The lowest BCUT2D eigenvalue weighted by Crippen LogP contribution is -2.45. The van der Waals surface area contributed by atoms with Crippen molar-refractivity contribution in [2.24, 2.45) is 4.99 Å². The van der Waals surface area contributed by atoms with Gasteiger partial charge in [0.15, 0.2) is 11.8 Å². The number of nitrogens with zero attached hydrogens (tertiary/aromatic N) is 4. The maximum absolute atomic E-state index is 5.08. The molecule has 0 aliphatic rings. The molecule has 0 amide bonds. The third kappa shape index (κ3) is 6.43. The zero-order valence-electron chi connectivity index (χ0n) is 14.7. The fourth-order valence-corrected chi connectivity index (χ4v) is 2.37. The van der Waals surface area contributed by atoms with Gasteiger partial charge in [0.25, 0.3) is 0 Å². The van der Waals surface area contributed by atoms with Crippen LogP contribution in [0.25, 0.3) is 0 Å². The molecule has 1 rings (SSSR count). The predicted molar refractivity (Wildman–Crippen MR) is 89.1 cm³/mol. The summed E-state index contributed by atoms with van der Waals surface area (Å²) in [6, 6.07) is 1.08. The molecule has 0 unspecified atom stereocenters. The molecule has 1 heterocycles. The molecule has 0 saturated carbocycles. The SMILES string of the molecule is CN=C(NCCc1nc(C)no1)NCCN(C(C)C)C(C)C. The third-order valence-corrected chi connectivity index (χ3v) is 3.41. The van der Waals surface area contributed by atoms with Crippen LogP contribution in [0.5, 0.6) is 0 Å². The molecule has 0 fully saturated rings. The van der Waals surface area contributed by atoms with Gasteiger partial charge in [-0.25, -0.2) is 0 Å². The summed E-state index contributed by atoms with van der Waals surface area (Å²) in [6.45, 7) is 13.3. The Morgan fingerprint density at radius 2 is 1.82 bits per heavy atom. The molecule has 0 bridgehead atoms. The van der Waals surface area contributed by atoms with Crippen LogP contribution in [-0.4, -0.2) is 59.8 Å². The lowest BCUT2D eigenvalue weighted by atomic mass is 10.2. The molecule has 0 aromatic carbocycles. The highest BCUT2D eigenvalue weighted by molar-refractivity contribution is 5.79. The van der Waals surface area contributed by atoms with Gasteiger partial charge in [-0.2, -0.15) is 4.98 Å². The Kier molecular flexibility index (Phi) is 7.87. The quantitative estimate of drug-likeness (QED) is 0.555. The maximum Gasteiger partial charge on any atom is 0.228 e. The first-order valence-corrected chi connectivity index (χ1v) is 7.93. The minimum atomic E-state index is 0.539. The van der Waals surface area contributed by atoms with Gasteiger partial charge in [-0.3, -0.25) is 9.89 Å². The van der Waals surface area contributed by atoms with Gasteiger partial charge in [0, 0.05) is 45.2 Å². The smallest absolute Gasteiger partial charge is 0.228 e. The second kappa shape index (κ2) is 9.40. The molecule has 0 radical (unpaired) electrons. The second-order valence-electron chi connectivity index (χ2n) is 5.84. The van der Waals surface area contributed by atoms with E-state index in [1.807, 2.05) is 6.92 Å². The van der Waals surface area contributed by atoms with Crippen LogP contribution in [0.3, 0.4) is 0 Å². The molecule has 7 heteroatoms. The van der Waals surface area contributed by atoms with E-state index < -0.39 is 0 Å².